The summed E-state index contributed by atoms with van der Waals surface area (Å²) in [5, 5.41) is 6.70. The first-order chi connectivity index (χ1) is 9.58. The Morgan fingerprint density at radius 1 is 1.05 bits per heavy atom. The number of rotatable bonds is 4. The molecule has 1 aliphatic heterocycles. The van der Waals surface area contributed by atoms with Gasteiger partial charge in [0.05, 0.1) is 0 Å². The summed E-state index contributed by atoms with van der Waals surface area (Å²) in [4.78, 5) is 24.7. The number of hydrogen-bond donors (Lipinski definition) is 2. The Hall–Kier alpha value is -1.10. The predicted octanol–water partition coefficient (Wildman–Crippen LogP) is 1.03. The third-order valence-corrected chi connectivity index (χ3v) is 4.45. The molecule has 20 heavy (non-hydrogen) atoms. The van der Waals surface area contributed by atoms with E-state index in [1.807, 2.05) is 11.8 Å². The van der Waals surface area contributed by atoms with Gasteiger partial charge in [0.15, 0.2) is 0 Å². The van der Waals surface area contributed by atoms with Gasteiger partial charge in [-0.1, -0.05) is 6.92 Å². The number of nitrogens with zero attached hydrogens (tertiary/aromatic N) is 1. The van der Waals surface area contributed by atoms with Crippen LogP contribution < -0.4 is 10.6 Å². The van der Waals surface area contributed by atoms with Gasteiger partial charge in [0.2, 0.25) is 11.8 Å². The normalized spacial score (nSPS) is 30.3. The molecule has 5 nitrogen and oxygen atoms in total. The third-order valence-electron chi connectivity index (χ3n) is 4.45. The van der Waals surface area contributed by atoms with Crippen molar-refractivity contribution in [1.29, 1.82) is 0 Å². The van der Waals surface area contributed by atoms with Crippen LogP contribution in [0.25, 0.3) is 0 Å². The lowest BCUT2D eigenvalue weighted by atomic mass is 9.90. The van der Waals surface area contributed by atoms with E-state index in [4.69, 9.17) is 0 Å². The SMILES string of the molecule is CCC(=O)N1CCC(NC2CCC(NC(C)=O)CC2)C1. The van der Waals surface area contributed by atoms with Gasteiger partial charge in [-0.3, -0.25) is 9.59 Å². The maximum Gasteiger partial charge on any atom is 0.222 e. The van der Waals surface area contributed by atoms with Crippen LogP contribution in [0.15, 0.2) is 0 Å². The number of amides is 2. The fourth-order valence-electron chi connectivity index (χ4n) is 3.37. The molecule has 0 radical (unpaired) electrons. The number of hydrogen-bond acceptors (Lipinski definition) is 3. The summed E-state index contributed by atoms with van der Waals surface area (Å²) in [5.74, 6) is 0.342. The Morgan fingerprint density at radius 3 is 2.30 bits per heavy atom. The van der Waals surface area contributed by atoms with E-state index in [1.54, 1.807) is 6.92 Å². The number of likely N-dealkylation sites (tertiary alicyclic amines) is 1. The topological polar surface area (TPSA) is 61.4 Å². The van der Waals surface area contributed by atoms with Crippen LogP contribution in [0.3, 0.4) is 0 Å². The molecule has 0 aromatic carbocycles. The highest BCUT2D eigenvalue weighted by atomic mass is 16.2. The minimum absolute atomic E-state index is 0.0749. The highest BCUT2D eigenvalue weighted by Gasteiger charge is 2.28. The minimum atomic E-state index is 0.0749. The second-order valence-corrected chi connectivity index (χ2v) is 6.09. The maximum absolute atomic E-state index is 11.7. The summed E-state index contributed by atoms with van der Waals surface area (Å²) >= 11 is 0. The molecule has 1 saturated heterocycles. The molecular formula is C15H27N3O2. The zero-order valence-electron chi connectivity index (χ0n) is 12.7. The fourth-order valence-corrected chi connectivity index (χ4v) is 3.37. The summed E-state index contributed by atoms with van der Waals surface area (Å²) in [7, 11) is 0. The van der Waals surface area contributed by atoms with Crippen molar-refractivity contribution in [1.82, 2.24) is 15.5 Å². The van der Waals surface area contributed by atoms with Crippen LogP contribution in [0.5, 0.6) is 0 Å². The van der Waals surface area contributed by atoms with Gasteiger partial charge in [0.1, 0.15) is 0 Å². The van der Waals surface area contributed by atoms with E-state index in [2.05, 4.69) is 10.6 Å². The van der Waals surface area contributed by atoms with E-state index in [0.29, 0.717) is 24.5 Å². The van der Waals surface area contributed by atoms with Crippen LogP contribution in [-0.2, 0) is 9.59 Å². The first-order valence-electron chi connectivity index (χ1n) is 7.89. The Balaban J connectivity index is 1.69. The molecule has 1 aliphatic carbocycles. The Kier molecular flexibility index (Phi) is 5.40. The van der Waals surface area contributed by atoms with Crippen LogP contribution in [0.2, 0.25) is 0 Å². The van der Waals surface area contributed by atoms with Crippen molar-refractivity contribution < 1.29 is 9.59 Å². The maximum atomic E-state index is 11.7. The van der Waals surface area contributed by atoms with Crippen molar-refractivity contribution in [3.05, 3.63) is 0 Å². The monoisotopic (exact) mass is 281 g/mol. The van der Waals surface area contributed by atoms with Crippen molar-refractivity contribution >= 4 is 11.8 Å². The van der Waals surface area contributed by atoms with Gasteiger partial charge in [-0.15, -0.1) is 0 Å². The van der Waals surface area contributed by atoms with Crippen molar-refractivity contribution in [3.63, 3.8) is 0 Å². The van der Waals surface area contributed by atoms with E-state index in [0.717, 1.165) is 45.2 Å². The number of nitrogens with one attached hydrogen (secondary N) is 2. The van der Waals surface area contributed by atoms with Crippen LogP contribution in [0, 0.1) is 0 Å². The molecule has 0 aromatic rings. The molecule has 2 rings (SSSR count). The van der Waals surface area contributed by atoms with Crippen molar-refractivity contribution in [3.8, 4) is 0 Å². The molecule has 2 amide bonds. The van der Waals surface area contributed by atoms with Crippen molar-refractivity contribution in [2.75, 3.05) is 13.1 Å². The van der Waals surface area contributed by atoms with Gasteiger partial charge >= 0.3 is 0 Å². The van der Waals surface area contributed by atoms with Crippen LogP contribution >= 0.6 is 0 Å². The van der Waals surface area contributed by atoms with Crippen LogP contribution in [0.1, 0.15) is 52.4 Å². The second-order valence-electron chi connectivity index (χ2n) is 6.09. The number of carbonyl (C=O) groups excluding carboxylic acids is 2. The summed E-state index contributed by atoms with van der Waals surface area (Å²) in [6.07, 6.45) is 6.02. The quantitative estimate of drug-likeness (QED) is 0.809. The average Bonchev–Trinajstić information content (AvgIpc) is 2.88. The smallest absolute Gasteiger partial charge is 0.222 e. The van der Waals surface area contributed by atoms with Crippen LogP contribution in [-0.4, -0.2) is 47.9 Å². The molecule has 114 valence electrons. The largest absolute Gasteiger partial charge is 0.354 e. The average molecular weight is 281 g/mol. The Bertz CT molecular complexity index is 351. The second kappa shape index (κ2) is 7.07. The fraction of sp³-hybridized carbons (Fsp3) is 0.867. The zero-order valence-corrected chi connectivity index (χ0v) is 12.7. The number of carbonyl (C=O) groups is 2. The molecule has 0 aromatic heterocycles. The molecular weight excluding hydrogens is 254 g/mol. The Labute approximate surface area is 121 Å². The third kappa shape index (κ3) is 4.20. The first kappa shape index (κ1) is 15.3. The summed E-state index contributed by atoms with van der Waals surface area (Å²) in [6.45, 7) is 5.26. The van der Waals surface area contributed by atoms with Crippen molar-refractivity contribution in [2.24, 2.45) is 0 Å². The van der Waals surface area contributed by atoms with Gasteiger partial charge in [-0.2, -0.15) is 0 Å². The molecule has 2 N–H and O–H groups in total. The molecule has 1 saturated carbocycles. The summed E-state index contributed by atoms with van der Waals surface area (Å²) < 4.78 is 0. The minimum Gasteiger partial charge on any atom is -0.354 e. The zero-order chi connectivity index (χ0) is 14.5. The van der Waals surface area contributed by atoms with Gasteiger partial charge in [-0.05, 0) is 32.1 Å². The highest BCUT2D eigenvalue weighted by molar-refractivity contribution is 5.76. The summed E-state index contributed by atoms with van der Waals surface area (Å²) in [6, 6.07) is 1.35. The van der Waals surface area contributed by atoms with E-state index < -0.39 is 0 Å². The predicted molar refractivity (Wildman–Crippen MR) is 78.3 cm³/mol. The van der Waals surface area contributed by atoms with E-state index in [1.165, 1.54) is 0 Å². The van der Waals surface area contributed by atoms with E-state index in [9.17, 15) is 9.59 Å². The van der Waals surface area contributed by atoms with Crippen molar-refractivity contribution in [2.45, 2.75) is 70.5 Å². The molecule has 2 aliphatic rings. The van der Waals surface area contributed by atoms with Gasteiger partial charge in [0, 0.05) is 44.6 Å². The van der Waals surface area contributed by atoms with Crippen LogP contribution in [0.4, 0.5) is 0 Å². The van der Waals surface area contributed by atoms with Gasteiger partial charge < -0.3 is 15.5 Å². The van der Waals surface area contributed by atoms with E-state index >= 15 is 0 Å². The van der Waals surface area contributed by atoms with E-state index in [-0.39, 0.29) is 11.8 Å². The standard InChI is InChI=1S/C15H27N3O2/c1-3-15(20)18-9-8-14(10-18)17-13-6-4-12(5-7-13)16-11(2)19/h12-14,17H,3-10H2,1-2H3,(H,16,19). The Morgan fingerprint density at radius 2 is 1.70 bits per heavy atom. The molecule has 2 fully saturated rings. The molecule has 1 unspecified atom stereocenters. The molecule has 5 heteroatoms. The summed E-state index contributed by atoms with van der Waals surface area (Å²) in [5.41, 5.74) is 0. The molecule has 0 spiro atoms. The molecule has 1 heterocycles. The highest BCUT2D eigenvalue weighted by Crippen LogP contribution is 2.21. The lowest BCUT2D eigenvalue weighted by Gasteiger charge is -2.31. The lowest BCUT2D eigenvalue weighted by molar-refractivity contribution is -0.129. The molecule has 1 atom stereocenters. The van der Waals surface area contributed by atoms with Gasteiger partial charge in [0.25, 0.3) is 0 Å². The van der Waals surface area contributed by atoms with Gasteiger partial charge in [-0.25, -0.2) is 0 Å². The first-order valence-corrected chi connectivity index (χ1v) is 7.89. The molecule has 0 bridgehead atoms. The lowest BCUT2D eigenvalue weighted by Crippen LogP contribution is -2.45.